The van der Waals surface area contributed by atoms with E-state index in [-0.39, 0.29) is 12.4 Å². The zero-order chi connectivity index (χ0) is 14.7. The van der Waals surface area contributed by atoms with E-state index in [1.807, 2.05) is 30.5 Å². The number of nitrogens with one attached hydrogen (secondary N) is 2. The van der Waals surface area contributed by atoms with E-state index in [4.69, 9.17) is 11.6 Å². The second-order valence-corrected chi connectivity index (χ2v) is 5.43. The summed E-state index contributed by atoms with van der Waals surface area (Å²) in [5.74, 6) is 0. The molecule has 3 aromatic rings. The predicted octanol–water partition coefficient (Wildman–Crippen LogP) is 5.07. The van der Waals surface area contributed by atoms with Crippen LogP contribution in [0.15, 0.2) is 54.7 Å². The summed E-state index contributed by atoms with van der Waals surface area (Å²) in [4.78, 5) is 0. The maximum atomic E-state index is 5.93. The summed E-state index contributed by atoms with van der Waals surface area (Å²) < 4.78 is 0. The van der Waals surface area contributed by atoms with Gasteiger partial charge >= 0.3 is 0 Å². The number of rotatable bonds is 4. The molecule has 0 spiro atoms. The lowest BCUT2D eigenvalue weighted by molar-refractivity contribution is 1.10. The number of benzene rings is 2. The number of hydrogen-bond acceptors (Lipinski definition) is 2. The fourth-order valence-electron chi connectivity index (χ4n) is 2.18. The summed E-state index contributed by atoms with van der Waals surface area (Å²) in [6.45, 7) is 2.80. The highest BCUT2D eigenvalue weighted by Gasteiger charge is 2.07. The Morgan fingerprint density at radius 1 is 1.05 bits per heavy atom. The maximum Gasteiger partial charge on any atom is 0.0700 e. The number of aromatic nitrogens is 2. The first kappa shape index (κ1) is 16.4. The van der Waals surface area contributed by atoms with Crippen LogP contribution < -0.4 is 5.32 Å². The average molecular weight is 334 g/mol. The summed E-state index contributed by atoms with van der Waals surface area (Å²) in [6.07, 6.45) is 1.85. The molecule has 0 amide bonds. The lowest BCUT2D eigenvalue weighted by Gasteiger charge is -2.07. The molecule has 0 unspecified atom stereocenters. The number of aryl methyl sites for hydroxylation is 1. The number of H-pyrrole nitrogens is 1. The van der Waals surface area contributed by atoms with Crippen LogP contribution in [0.4, 0.5) is 5.69 Å². The smallest absolute Gasteiger partial charge is 0.0700 e. The minimum absolute atomic E-state index is 0. The number of hydrogen-bond donors (Lipinski definition) is 2. The third kappa shape index (κ3) is 3.81. The second-order valence-electron chi connectivity index (χ2n) is 5.00. The molecule has 2 aromatic carbocycles. The van der Waals surface area contributed by atoms with Crippen LogP contribution in [-0.4, -0.2) is 10.2 Å². The molecule has 0 saturated carbocycles. The molecule has 1 heterocycles. The van der Waals surface area contributed by atoms with Crippen molar-refractivity contribution in [3.8, 4) is 11.3 Å². The third-order valence-corrected chi connectivity index (χ3v) is 3.64. The van der Waals surface area contributed by atoms with E-state index in [1.165, 1.54) is 5.56 Å². The maximum absolute atomic E-state index is 5.93. The van der Waals surface area contributed by atoms with E-state index < -0.39 is 0 Å². The number of anilines is 1. The van der Waals surface area contributed by atoms with Gasteiger partial charge in [0.1, 0.15) is 0 Å². The molecule has 0 aliphatic heterocycles. The normalized spacial score (nSPS) is 10.1. The molecule has 114 valence electrons. The van der Waals surface area contributed by atoms with Crippen molar-refractivity contribution in [2.75, 3.05) is 5.32 Å². The van der Waals surface area contributed by atoms with Gasteiger partial charge in [0.05, 0.1) is 11.9 Å². The van der Waals surface area contributed by atoms with E-state index in [0.29, 0.717) is 0 Å². The zero-order valence-corrected chi connectivity index (χ0v) is 13.7. The Morgan fingerprint density at radius 3 is 2.41 bits per heavy atom. The minimum Gasteiger partial charge on any atom is -0.381 e. The van der Waals surface area contributed by atoms with Crippen molar-refractivity contribution < 1.29 is 0 Å². The second kappa shape index (κ2) is 7.34. The quantitative estimate of drug-likeness (QED) is 0.699. The molecule has 5 heteroatoms. The van der Waals surface area contributed by atoms with Gasteiger partial charge in [-0.1, -0.05) is 41.4 Å². The Bertz CT molecular complexity index is 718. The van der Waals surface area contributed by atoms with Crippen molar-refractivity contribution in [2.45, 2.75) is 13.5 Å². The first-order valence-electron chi connectivity index (χ1n) is 6.81. The van der Waals surface area contributed by atoms with Crippen LogP contribution in [0.25, 0.3) is 11.3 Å². The molecule has 1 aromatic heterocycles. The zero-order valence-electron chi connectivity index (χ0n) is 12.1. The molecular weight excluding hydrogens is 317 g/mol. The summed E-state index contributed by atoms with van der Waals surface area (Å²) in [5.41, 5.74) is 5.58. The van der Waals surface area contributed by atoms with Gasteiger partial charge in [-0.25, -0.2) is 0 Å². The SMILES string of the molecule is Cc1ccc(NCc2cn[nH]c2-c2ccc(Cl)cc2)cc1.Cl. The van der Waals surface area contributed by atoms with Crippen LogP contribution in [-0.2, 0) is 6.54 Å². The van der Waals surface area contributed by atoms with E-state index in [9.17, 15) is 0 Å². The van der Waals surface area contributed by atoms with Crippen molar-refractivity contribution in [3.05, 3.63) is 70.9 Å². The molecule has 0 atom stereocenters. The molecule has 0 saturated heterocycles. The molecule has 0 aliphatic carbocycles. The standard InChI is InChI=1S/C17H16ClN3.ClH/c1-12-2-8-16(9-3-12)19-10-14-11-20-21-17(14)13-4-6-15(18)7-5-13;/h2-9,11,19H,10H2,1H3,(H,20,21);1H. The van der Waals surface area contributed by atoms with Gasteiger partial charge in [-0.05, 0) is 36.8 Å². The first-order valence-corrected chi connectivity index (χ1v) is 7.19. The van der Waals surface area contributed by atoms with E-state index in [2.05, 4.69) is 46.7 Å². The molecule has 2 N–H and O–H groups in total. The summed E-state index contributed by atoms with van der Waals surface area (Å²) in [6, 6.07) is 16.1. The third-order valence-electron chi connectivity index (χ3n) is 3.39. The fourth-order valence-corrected chi connectivity index (χ4v) is 2.31. The first-order chi connectivity index (χ1) is 10.2. The Kier molecular flexibility index (Phi) is 5.47. The highest BCUT2D eigenvalue weighted by atomic mass is 35.5. The van der Waals surface area contributed by atoms with Crippen LogP contribution in [0.1, 0.15) is 11.1 Å². The van der Waals surface area contributed by atoms with Crippen LogP contribution >= 0.6 is 24.0 Å². The van der Waals surface area contributed by atoms with Crippen molar-refractivity contribution in [3.63, 3.8) is 0 Å². The summed E-state index contributed by atoms with van der Waals surface area (Å²) in [7, 11) is 0. The average Bonchev–Trinajstić information content (AvgIpc) is 2.96. The number of halogens is 2. The lowest BCUT2D eigenvalue weighted by Crippen LogP contribution is -1.99. The molecule has 0 fully saturated rings. The monoisotopic (exact) mass is 333 g/mol. The molecule has 0 bridgehead atoms. The van der Waals surface area contributed by atoms with Crippen molar-refractivity contribution in [1.29, 1.82) is 0 Å². The molecule has 0 aliphatic rings. The van der Waals surface area contributed by atoms with Gasteiger partial charge in [0, 0.05) is 22.8 Å². The Morgan fingerprint density at radius 2 is 1.73 bits per heavy atom. The van der Waals surface area contributed by atoms with E-state index in [0.717, 1.165) is 34.1 Å². The Labute approximate surface area is 141 Å². The molecular formula is C17H17Cl2N3. The van der Waals surface area contributed by atoms with Crippen LogP contribution in [0.3, 0.4) is 0 Å². The van der Waals surface area contributed by atoms with Gasteiger partial charge in [-0.15, -0.1) is 12.4 Å². The Balaban J connectivity index is 0.00000176. The molecule has 3 rings (SSSR count). The van der Waals surface area contributed by atoms with Crippen LogP contribution in [0, 0.1) is 6.92 Å². The molecule has 22 heavy (non-hydrogen) atoms. The van der Waals surface area contributed by atoms with Crippen molar-refractivity contribution >= 4 is 29.7 Å². The topological polar surface area (TPSA) is 40.7 Å². The summed E-state index contributed by atoms with van der Waals surface area (Å²) in [5, 5.41) is 11.3. The van der Waals surface area contributed by atoms with Crippen molar-refractivity contribution in [2.24, 2.45) is 0 Å². The molecule has 0 radical (unpaired) electrons. The van der Waals surface area contributed by atoms with Gasteiger partial charge in [0.25, 0.3) is 0 Å². The number of nitrogens with zero attached hydrogens (tertiary/aromatic N) is 1. The fraction of sp³-hybridized carbons (Fsp3) is 0.118. The minimum atomic E-state index is 0. The van der Waals surface area contributed by atoms with E-state index >= 15 is 0 Å². The van der Waals surface area contributed by atoms with Gasteiger partial charge in [-0.2, -0.15) is 5.10 Å². The Hall–Kier alpha value is -1.97. The highest BCUT2D eigenvalue weighted by molar-refractivity contribution is 6.30. The van der Waals surface area contributed by atoms with Gasteiger partial charge in [-0.3, -0.25) is 5.10 Å². The largest absolute Gasteiger partial charge is 0.381 e. The highest BCUT2D eigenvalue weighted by Crippen LogP contribution is 2.23. The lowest BCUT2D eigenvalue weighted by atomic mass is 10.1. The van der Waals surface area contributed by atoms with Crippen molar-refractivity contribution in [1.82, 2.24) is 10.2 Å². The summed E-state index contributed by atoms with van der Waals surface area (Å²) >= 11 is 5.93. The predicted molar refractivity (Wildman–Crippen MR) is 94.8 cm³/mol. The molecule has 3 nitrogen and oxygen atoms in total. The van der Waals surface area contributed by atoms with Gasteiger partial charge in [0.15, 0.2) is 0 Å². The van der Waals surface area contributed by atoms with Gasteiger partial charge < -0.3 is 5.32 Å². The van der Waals surface area contributed by atoms with Crippen LogP contribution in [0.2, 0.25) is 5.02 Å². The van der Waals surface area contributed by atoms with E-state index in [1.54, 1.807) is 0 Å². The van der Waals surface area contributed by atoms with Gasteiger partial charge in [0.2, 0.25) is 0 Å². The number of aromatic amines is 1. The van der Waals surface area contributed by atoms with Crippen LogP contribution in [0.5, 0.6) is 0 Å².